The van der Waals surface area contributed by atoms with Gasteiger partial charge < -0.3 is 0 Å². The van der Waals surface area contributed by atoms with Crippen molar-refractivity contribution in [3.05, 3.63) is 165 Å². The van der Waals surface area contributed by atoms with Gasteiger partial charge in [0.1, 0.15) is 41.6 Å². The smallest absolute Gasteiger partial charge is 0.194 e. The third kappa shape index (κ3) is 14.6. The Hall–Kier alpha value is -6.65. The van der Waals surface area contributed by atoms with Gasteiger partial charge in [-0.1, -0.05) is 78.9 Å². The van der Waals surface area contributed by atoms with Crippen LogP contribution in [0.15, 0.2) is 115 Å². The molecule has 0 aliphatic rings. The van der Waals surface area contributed by atoms with Crippen LogP contribution in [0.2, 0.25) is 0 Å². The van der Waals surface area contributed by atoms with Crippen molar-refractivity contribution >= 4 is 37.9 Å². The monoisotopic (exact) mass is 1110 g/mol. The fourth-order valence-electron chi connectivity index (χ4n) is 7.43. The van der Waals surface area contributed by atoms with Gasteiger partial charge in [-0.3, -0.25) is 0 Å². The highest BCUT2D eigenvalue weighted by molar-refractivity contribution is 8.01. The molecule has 1 unspecified atom stereocenters. The molecule has 0 amide bonds. The second kappa shape index (κ2) is 20.6. The molecule has 0 spiro atoms. The Morgan fingerprint density at radius 2 is 0.635 bits per heavy atom. The van der Waals surface area contributed by atoms with Crippen molar-refractivity contribution in [3.8, 4) is 12.1 Å². The first-order valence-corrected chi connectivity index (χ1v) is 22.0. The van der Waals surface area contributed by atoms with E-state index in [-0.39, 0.29) is 11.3 Å². The molecule has 0 bridgehead atoms. The third-order valence-electron chi connectivity index (χ3n) is 10.6. The van der Waals surface area contributed by atoms with Crippen LogP contribution in [-0.4, -0.2) is 18.2 Å². The summed E-state index contributed by atoms with van der Waals surface area (Å²) in [6.07, 6.45) is -51.7. The maximum atomic E-state index is 14.2. The van der Waals surface area contributed by atoms with E-state index < -0.39 is 205 Å². The SMILES string of the molecule is C[S+](=O)(CC=C(C#N)C#N)Cc1ccccc1.FC(F)(F)c1cc([B-](c2cc(C(F)(F)F)cc(C(F)(F)F)c2)(c2cc(C(F)(F)F)cc(C(F)(F)F)c2)c2cc(C(F)(F)F)cc(C(F)(F)F)c2)cc(C(F)(F)F)c1. The van der Waals surface area contributed by atoms with Gasteiger partial charge in [0.2, 0.25) is 0 Å². The van der Waals surface area contributed by atoms with Crippen molar-refractivity contribution < 1.29 is 110 Å². The molecule has 0 aliphatic carbocycles. The maximum Gasteiger partial charge on any atom is 0.416 e. The lowest BCUT2D eigenvalue weighted by Gasteiger charge is -2.46. The van der Waals surface area contributed by atoms with Crippen molar-refractivity contribution in [2.45, 2.75) is 55.2 Å². The number of hydrogen-bond donors (Lipinski definition) is 0. The summed E-state index contributed by atoms with van der Waals surface area (Å²) in [4.78, 5) is 0. The Labute approximate surface area is 401 Å². The minimum Gasteiger partial charge on any atom is -0.194 e. The van der Waals surface area contributed by atoms with Crippen LogP contribution in [0.25, 0.3) is 0 Å². The molecule has 29 heteroatoms. The fraction of sp³-hybridized carbons (Fsp3) is 0.244. The maximum absolute atomic E-state index is 14.2. The van der Waals surface area contributed by atoms with E-state index in [0.29, 0.717) is 5.75 Å². The standard InChI is InChI=1S/C32H12BF24.C13H13N2OS/c34-25(35,36)13-1-14(26(37,38)39)6-21(5-13)33(22-7-15(27(40,41)42)2-16(8-22)28(43,44)45,23-9-17(29(46,47)48)3-18(10-23)30(49,50)51)24-11-19(31(52,53)54)4-20(12-24)32(55,56)57;1-17(16,8-7-13(9-14)10-15)11-12-5-3-2-4-6-12/h1-12H;2-7H,8,11H2,1H3/q-1;+1. The number of halogens is 24. The van der Waals surface area contributed by atoms with E-state index in [0.717, 1.165) is 5.56 Å². The van der Waals surface area contributed by atoms with Crippen molar-refractivity contribution in [2.24, 2.45) is 0 Å². The van der Waals surface area contributed by atoms with Gasteiger partial charge in [0.15, 0.2) is 0 Å². The summed E-state index contributed by atoms with van der Waals surface area (Å²) in [5.74, 6) is 0.729. The molecular formula is C45H25BF24N2OS. The highest BCUT2D eigenvalue weighted by Crippen LogP contribution is 2.41. The first kappa shape index (κ1) is 59.9. The van der Waals surface area contributed by atoms with Crippen molar-refractivity contribution in [3.63, 3.8) is 0 Å². The Morgan fingerprint density at radius 3 is 0.824 bits per heavy atom. The molecule has 74 heavy (non-hydrogen) atoms. The number of benzene rings is 5. The molecule has 0 N–H and O–H groups in total. The van der Waals surface area contributed by atoms with Crippen LogP contribution in [0, 0.1) is 22.7 Å². The van der Waals surface area contributed by atoms with Gasteiger partial charge in [-0.25, -0.2) is 0 Å². The van der Waals surface area contributed by atoms with E-state index >= 15 is 0 Å². The van der Waals surface area contributed by atoms with Crippen LogP contribution in [0.4, 0.5) is 105 Å². The average molecular weight is 1110 g/mol. The third-order valence-corrected chi connectivity index (χ3v) is 12.5. The van der Waals surface area contributed by atoms with Gasteiger partial charge in [0.25, 0.3) is 0 Å². The number of rotatable bonds is 8. The normalized spacial score (nSPS) is 14.0. The number of alkyl halides is 24. The number of allylic oxidation sites excluding steroid dienone is 1. The highest BCUT2D eigenvalue weighted by Gasteiger charge is 2.47. The van der Waals surface area contributed by atoms with Gasteiger partial charge in [-0.15, -0.1) is 4.21 Å². The van der Waals surface area contributed by atoms with E-state index in [2.05, 4.69) is 0 Å². The molecule has 0 aliphatic heterocycles. The van der Waals surface area contributed by atoms with E-state index in [4.69, 9.17) is 10.5 Å². The molecule has 0 saturated carbocycles. The molecule has 1 atom stereocenters. The first-order chi connectivity index (χ1) is 33.3. The second-order valence-electron chi connectivity index (χ2n) is 16.0. The summed E-state index contributed by atoms with van der Waals surface area (Å²) >= 11 is 0. The predicted octanol–water partition coefficient (Wildman–Crippen LogP) is 13.5. The molecule has 0 saturated heterocycles. The second-order valence-corrected chi connectivity index (χ2v) is 19.0. The Morgan fingerprint density at radius 1 is 0.419 bits per heavy atom. The summed E-state index contributed by atoms with van der Waals surface area (Å²) in [7, 11) is -2.08. The highest BCUT2D eigenvalue weighted by atomic mass is 32.2. The van der Waals surface area contributed by atoms with Crippen LogP contribution >= 0.6 is 0 Å². The van der Waals surface area contributed by atoms with Gasteiger partial charge in [-0.2, -0.15) is 138 Å². The van der Waals surface area contributed by atoms with Gasteiger partial charge in [0.05, 0.1) is 54.4 Å². The Kier molecular flexibility index (Phi) is 16.7. The van der Waals surface area contributed by atoms with Crippen molar-refractivity contribution in [1.29, 1.82) is 10.5 Å². The predicted molar refractivity (Wildman–Crippen MR) is 218 cm³/mol. The molecule has 0 fully saturated rings. The molecular weight excluding hydrogens is 1080 g/mol. The molecule has 3 nitrogen and oxygen atoms in total. The van der Waals surface area contributed by atoms with Gasteiger partial charge in [0, 0.05) is 5.56 Å². The van der Waals surface area contributed by atoms with Crippen LogP contribution < -0.4 is 21.9 Å². The minimum absolute atomic E-state index is 0.0210. The van der Waals surface area contributed by atoms with E-state index in [1.165, 1.54) is 6.08 Å². The largest absolute Gasteiger partial charge is 0.416 e. The van der Waals surface area contributed by atoms with Crippen molar-refractivity contribution in [1.82, 2.24) is 0 Å². The summed E-state index contributed by atoms with van der Waals surface area (Å²) in [6.45, 7) is 0. The minimum atomic E-state index is -6.13. The number of hydrogen-bond acceptors (Lipinski definition) is 3. The molecule has 0 heterocycles. The van der Waals surface area contributed by atoms with E-state index in [1.807, 2.05) is 30.3 Å². The zero-order valence-electron chi connectivity index (χ0n) is 36.2. The lowest BCUT2D eigenvalue weighted by molar-refractivity contribution is -0.144. The Balaban J connectivity index is 0.000000589. The summed E-state index contributed by atoms with van der Waals surface area (Å²) in [5.41, 5.74) is -29.2. The summed E-state index contributed by atoms with van der Waals surface area (Å²) < 4.78 is 353. The molecule has 5 aromatic rings. The van der Waals surface area contributed by atoms with Crippen LogP contribution in [0.5, 0.6) is 0 Å². The first-order valence-electron chi connectivity index (χ1n) is 19.7. The summed E-state index contributed by atoms with van der Waals surface area (Å²) in [6, 6.07) is 4.26. The molecule has 5 aromatic carbocycles. The van der Waals surface area contributed by atoms with Crippen LogP contribution in [-0.2, 0) is 69.3 Å². The average Bonchev–Trinajstić information content (AvgIpc) is 3.24. The lowest BCUT2D eigenvalue weighted by atomic mass is 9.12. The molecule has 0 aromatic heterocycles. The fourth-order valence-corrected chi connectivity index (χ4v) is 8.97. The quantitative estimate of drug-likeness (QED) is 0.0673. The topological polar surface area (TPSA) is 64.7 Å². The van der Waals surface area contributed by atoms with E-state index in [9.17, 15) is 110 Å². The van der Waals surface area contributed by atoms with E-state index in [1.54, 1.807) is 18.4 Å². The lowest BCUT2D eigenvalue weighted by Crippen LogP contribution is -2.75. The molecule has 0 radical (unpaired) electrons. The zero-order valence-corrected chi connectivity index (χ0v) is 37.0. The van der Waals surface area contributed by atoms with Gasteiger partial charge >= 0.3 is 49.4 Å². The van der Waals surface area contributed by atoms with Gasteiger partial charge in [-0.05, 0) is 30.3 Å². The zero-order chi connectivity index (χ0) is 56.6. The van der Waals surface area contributed by atoms with Crippen molar-refractivity contribution in [2.75, 3.05) is 12.0 Å². The number of nitriles is 2. The molecule has 398 valence electrons. The van der Waals surface area contributed by atoms with Crippen LogP contribution in [0.1, 0.15) is 50.1 Å². The number of nitrogens with zero attached hydrogens (tertiary/aromatic N) is 2. The summed E-state index contributed by atoms with van der Waals surface area (Å²) in [5, 5.41) is 17.2. The Bertz CT molecular complexity index is 2560. The molecule has 5 rings (SSSR count). The van der Waals surface area contributed by atoms with Crippen LogP contribution in [0.3, 0.4) is 0 Å².